The first-order valence-electron chi connectivity index (χ1n) is 9.50. The molecule has 6 heteroatoms. The highest BCUT2D eigenvalue weighted by molar-refractivity contribution is 5.89. The van der Waals surface area contributed by atoms with Crippen LogP contribution in [0.25, 0.3) is 0 Å². The fraction of sp³-hybridized carbons (Fsp3) is 0.889. The van der Waals surface area contributed by atoms with Gasteiger partial charge in [0.05, 0.1) is 5.92 Å². The lowest BCUT2D eigenvalue weighted by Crippen LogP contribution is -2.65. The van der Waals surface area contributed by atoms with Crippen LogP contribution in [0.15, 0.2) is 0 Å². The van der Waals surface area contributed by atoms with Crippen molar-refractivity contribution < 1.29 is 9.59 Å². The largest absolute Gasteiger partial charge is 0.342 e. The van der Waals surface area contributed by atoms with Crippen molar-refractivity contribution >= 4 is 11.8 Å². The van der Waals surface area contributed by atoms with E-state index in [1.54, 1.807) is 0 Å². The molecule has 3 rings (SSSR count). The van der Waals surface area contributed by atoms with Crippen LogP contribution in [0, 0.1) is 11.8 Å². The minimum Gasteiger partial charge on any atom is -0.342 e. The van der Waals surface area contributed by atoms with Gasteiger partial charge in [-0.3, -0.25) is 14.5 Å². The Morgan fingerprint density at radius 3 is 2.38 bits per heavy atom. The van der Waals surface area contributed by atoms with Crippen LogP contribution in [-0.2, 0) is 9.59 Å². The van der Waals surface area contributed by atoms with Gasteiger partial charge in [0.25, 0.3) is 0 Å². The van der Waals surface area contributed by atoms with Crippen molar-refractivity contribution in [1.29, 1.82) is 0 Å². The molecule has 0 spiro atoms. The van der Waals surface area contributed by atoms with E-state index in [1.165, 1.54) is 0 Å². The minimum atomic E-state index is -0.117. The van der Waals surface area contributed by atoms with Gasteiger partial charge in [-0.05, 0) is 12.5 Å². The van der Waals surface area contributed by atoms with Gasteiger partial charge in [-0.2, -0.15) is 0 Å². The summed E-state index contributed by atoms with van der Waals surface area (Å²) < 4.78 is 0. The maximum Gasteiger partial charge on any atom is 0.228 e. The average Bonchev–Trinajstić information content (AvgIpc) is 2.87. The van der Waals surface area contributed by atoms with Crippen molar-refractivity contribution in [2.45, 2.75) is 33.2 Å². The molecule has 0 saturated carbocycles. The number of hydrogen-bond acceptors (Lipinski definition) is 4. The first kappa shape index (κ1) is 17.7. The van der Waals surface area contributed by atoms with Gasteiger partial charge in [-0.1, -0.05) is 20.8 Å². The number of likely N-dealkylation sites (tertiary alicyclic amines) is 2. The second-order valence-corrected chi connectivity index (χ2v) is 7.96. The van der Waals surface area contributed by atoms with Crippen LogP contribution in [0.4, 0.5) is 0 Å². The van der Waals surface area contributed by atoms with Crippen molar-refractivity contribution in [3.63, 3.8) is 0 Å². The molecule has 3 heterocycles. The average molecular weight is 336 g/mol. The molecule has 0 aromatic heterocycles. The number of hydrogen-bond donors (Lipinski definition) is 0. The van der Waals surface area contributed by atoms with Crippen molar-refractivity contribution in [1.82, 2.24) is 19.6 Å². The van der Waals surface area contributed by atoms with Crippen LogP contribution >= 0.6 is 0 Å². The van der Waals surface area contributed by atoms with Crippen LogP contribution in [-0.4, -0.2) is 96.4 Å². The number of nitrogens with zero attached hydrogens (tertiary/aromatic N) is 4. The Labute approximate surface area is 145 Å². The number of rotatable bonds is 5. The first-order chi connectivity index (χ1) is 11.5. The normalized spacial score (nSPS) is 27.2. The van der Waals surface area contributed by atoms with E-state index in [9.17, 15) is 9.59 Å². The molecule has 3 aliphatic rings. The molecule has 3 aliphatic heterocycles. The molecular formula is C18H32N4O2. The van der Waals surface area contributed by atoms with E-state index in [-0.39, 0.29) is 17.7 Å². The smallest absolute Gasteiger partial charge is 0.228 e. The molecule has 3 fully saturated rings. The van der Waals surface area contributed by atoms with E-state index >= 15 is 0 Å². The first-order valence-corrected chi connectivity index (χ1v) is 9.50. The molecule has 3 saturated heterocycles. The summed E-state index contributed by atoms with van der Waals surface area (Å²) in [5, 5.41) is 0. The summed E-state index contributed by atoms with van der Waals surface area (Å²) in [4.78, 5) is 33.6. The zero-order valence-electron chi connectivity index (χ0n) is 15.4. The van der Waals surface area contributed by atoms with Crippen LogP contribution in [0.2, 0.25) is 0 Å². The monoisotopic (exact) mass is 336 g/mol. The molecule has 24 heavy (non-hydrogen) atoms. The number of piperazine rings is 1. The second kappa shape index (κ2) is 7.40. The zero-order valence-corrected chi connectivity index (χ0v) is 15.4. The van der Waals surface area contributed by atoms with Gasteiger partial charge >= 0.3 is 0 Å². The van der Waals surface area contributed by atoms with Crippen molar-refractivity contribution in [2.75, 3.05) is 58.9 Å². The molecule has 136 valence electrons. The summed E-state index contributed by atoms with van der Waals surface area (Å²) in [5.41, 5.74) is 0. The summed E-state index contributed by atoms with van der Waals surface area (Å²) in [6, 6.07) is 0.525. The van der Waals surface area contributed by atoms with Gasteiger partial charge in [0.15, 0.2) is 0 Å². The molecule has 1 unspecified atom stereocenters. The van der Waals surface area contributed by atoms with E-state index in [0.717, 1.165) is 52.4 Å². The topological polar surface area (TPSA) is 47.1 Å². The third-order valence-corrected chi connectivity index (χ3v) is 5.69. The quantitative estimate of drug-likeness (QED) is 0.726. The molecule has 0 bridgehead atoms. The van der Waals surface area contributed by atoms with Crippen LogP contribution in [0.3, 0.4) is 0 Å². The lowest BCUT2D eigenvalue weighted by atomic mass is 10.0. The Balaban J connectivity index is 1.43. The Morgan fingerprint density at radius 2 is 1.79 bits per heavy atom. The van der Waals surface area contributed by atoms with E-state index < -0.39 is 0 Å². The van der Waals surface area contributed by atoms with Crippen LogP contribution in [0.1, 0.15) is 27.2 Å². The molecule has 2 amide bonds. The highest BCUT2D eigenvalue weighted by atomic mass is 16.2. The number of amides is 2. The molecule has 0 aromatic carbocycles. The van der Waals surface area contributed by atoms with Crippen LogP contribution < -0.4 is 0 Å². The fourth-order valence-electron chi connectivity index (χ4n) is 4.12. The molecule has 0 aromatic rings. The van der Waals surface area contributed by atoms with E-state index in [4.69, 9.17) is 0 Å². The Bertz CT molecular complexity index is 468. The standard InChI is InChI=1S/C18H32N4O2/c1-4-19-5-7-20(8-6-19)16-12-22(13-16)18(24)15-9-17(23)21(11-15)10-14(2)3/h14-16H,4-13H2,1-3H3. The summed E-state index contributed by atoms with van der Waals surface area (Å²) in [5.74, 6) is 0.681. The Morgan fingerprint density at radius 1 is 1.12 bits per heavy atom. The highest BCUT2D eigenvalue weighted by Crippen LogP contribution is 2.25. The molecular weight excluding hydrogens is 304 g/mol. The minimum absolute atomic E-state index is 0.117. The Kier molecular flexibility index (Phi) is 5.45. The molecule has 0 radical (unpaired) electrons. The van der Waals surface area contributed by atoms with Crippen molar-refractivity contribution in [3.8, 4) is 0 Å². The molecule has 6 nitrogen and oxygen atoms in total. The number of carbonyl (C=O) groups excluding carboxylic acids is 2. The predicted octanol–water partition coefficient (Wildman–Crippen LogP) is 0.339. The van der Waals surface area contributed by atoms with Crippen molar-refractivity contribution in [3.05, 3.63) is 0 Å². The maximum atomic E-state index is 12.7. The second-order valence-electron chi connectivity index (χ2n) is 7.96. The lowest BCUT2D eigenvalue weighted by Gasteiger charge is -2.48. The molecule has 0 N–H and O–H groups in total. The van der Waals surface area contributed by atoms with Crippen molar-refractivity contribution in [2.24, 2.45) is 11.8 Å². The number of likely N-dealkylation sites (N-methyl/N-ethyl adjacent to an activating group) is 1. The molecule has 0 aliphatic carbocycles. The summed E-state index contributed by atoms with van der Waals surface area (Å²) in [6.45, 7) is 15.2. The summed E-state index contributed by atoms with van der Waals surface area (Å²) >= 11 is 0. The van der Waals surface area contributed by atoms with E-state index in [0.29, 0.717) is 24.9 Å². The summed E-state index contributed by atoms with van der Waals surface area (Å²) in [7, 11) is 0. The molecule has 1 atom stereocenters. The third kappa shape index (κ3) is 3.75. The predicted molar refractivity (Wildman–Crippen MR) is 93.6 cm³/mol. The summed E-state index contributed by atoms with van der Waals surface area (Å²) in [6.07, 6.45) is 0.405. The number of carbonyl (C=O) groups is 2. The SMILES string of the molecule is CCN1CCN(C2CN(C(=O)C3CC(=O)N(CC(C)C)C3)C2)CC1. The van der Waals surface area contributed by atoms with E-state index in [2.05, 4.69) is 30.6 Å². The van der Waals surface area contributed by atoms with Gasteiger partial charge in [0.2, 0.25) is 11.8 Å². The Hall–Kier alpha value is -1.14. The van der Waals surface area contributed by atoms with Gasteiger partial charge in [0.1, 0.15) is 0 Å². The third-order valence-electron chi connectivity index (χ3n) is 5.69. The van der Waals surface area contributed by atoms with E-state index in [1.807, 2.05) is 9.80 Å². The highest BCUT2D eigenvalue weighted by Gasteiger charge is 2.42. The maximum absolute atomic E-state index is 12.7. The van der Waals surface area contributed by atoms with Gasteiger partial charge in [-0.15, -0.1) is 0 Å². The van der Waals surface area contributed by atoms with Crippen LogP contribution in [0.5, 0.6) is 0 Å². The van der Waals surface area contributed by atoms with Gasteiger partial charge in [0, 0.05) is 64.8 Å². The van der Waals surface area contributed by atoms with Gasteiger partial charge in [-0.25, -0.2) is 0 Å². The van der Waals surface area contributed by atoms with Gasteiger partial charge < -0.3 is 14.7 Å². The lowest BCUT2D eigenvalue weighted by molar-refractivity contribution is -0.143. The zero-order chi connectivity index (χ0) is 17.3. The fourth-order valence-corrected chi connectivity index (χ4v) is 4.12.